The lowest BCUT2D eigenvalue weighted by Gasteiger charge is -2.11. The Balaban J connectivity index is 2.86. The summed E-state index contributed by atoms with van der Waals surface area (Å²) in [6, 6.07) is 2.73. The van der Waals surface area contributed by atoms with Gasteiger partial charge in [-0.05, 0) is 24.1 Å². The van der Waals surface area contributed by atoms with Gasteiger partial charge in [-0.25, -0.2) is 12.8 Å². The maximum absolute atomic E-state index is 13.3. The van der Waals surface area contributed by atoms with Crippen LogP contribution >= 0.6 is 10.7 Å². The maximum Gasteiger partial charge on any atom is 0.261 e. The number of hydrogen-bond donors (Lipinski definition) is 1. The summed E-state index contributed by atoms with van der Waals surface area (Å²) in [5, 5.41) is 2.57. The van der Waals surface area contributed by atoms with Gasteiger partial charge in [-0.2, -0.15) is 0 Å². The van der Waals surface area contributed by atoms with Gasteiger partial charge >= 0.3 is 0 Å². The Kier molecular flexibility index (Phi) is 5.91. The zero-order chi connectivity index (χ0) is 15.3. The Morgan fingerprint density at radius 2 is 2.10 bits per heavy atom. The first kappa shape index (κ1) is 16.9. The highest BCUT2D eigenvalue weighted by Crippen LogP contribution is 2.18. The molecule has 0 aliphatic heterocycles. The molecule has 1 unspecified atom stereocenters. The van der Waals surface area contributed by atoms with Crippen LogP contribution in [0.15, 0.2) is 23.1 Å². The van der Waals surface area contributed by atoms with Gasteiger partial charge in [0.2, 0.25) is 0 Å². The molecule has 0 saturated carbocycles. The van der Waals surface area contributed by atoms with Gasteiger partial charge in [0.25, 0.3) is 15.0 Å². The standard InChI is InChI=1S/C12H15ClFNO4S/c1-8(7-19-2)6-15-12(16)9-3-10(14)5-11(4-9)20(13,17)18/h3-5,8H,6-7H2,1-2H3,(H,15,16). The molecule has 8 heteroatoms. The number of nitrogens with one attached hydrogen (secondary N) is 1. The Bertz CT molecular complexity index is 591. The van der Waals surface area contributed by atoms with Gasteiger partial charge in [-0.15, -0.1) is 0 Å². The van der Waals surface area contributed by atoms with E-state index in [1.54, 1.807) is 7.11 Å². The van der Waals surface area contributed by atoms with Crippen LogP contribution in [0, 0.1) is 11.7 Å². The van der Waals surface area contributed by atoms with Crippen molar-refractivity contribution >= 4 is 25.6 Å². The molecule has 0 aliphatic carbocycles. The van der Waals surface area contributed by atoms with Gasteiger partial charge < -0.3 is 10.1 Å². The van der Waals surface area contributed by atoms with Crippen LogP contribution in [0.4, 0.5) is 4.39 Å². The van der Waals surface area contributed by atoms with E-state index in [1.165, 1.54) is 0 Å². The molecular formula is C12H15ClFNO4S. The van der Waals surface area contributed by atoms with E-state index in [4.69, 9.17) is 15.4 Å². The first-order valence-corrected chi connectivity index (χ1v) is 8.07. The zero-order valence-corrected chi connectivity index (χ0v) is 12.6. The second-order valence-corrected chi connectivity index (χ2v) is 6.95. The molecule has 20 heavy (non-hydrogen) atoms. The SMILES string of the molecule is COCC(C)CNC(=O)c1cc(F)cc(S(=O)(=O)Cl)c1. The minimum atomic E-state index is -4.09. The summed E-state index contributed by atoms with van der Waals surface area (Å²) in [5.41, 5.74) is -0.103. The Morgan fingerprint density at radius 3 is 2.65 bits per heavy atom. The van der Waals surface area contributed by atoms with Crippen LogP contribution in [-0.2, 0) is 13.8 Å². The predicted molar refractivity (Wildman–Crippen MR) is 72.8 cm³/mol. The lowest BCUT2D eigenvalue weighted by Crippen LogP contribution is -2.30. The van der Waals surface area contributed by atoms with Crippen LogP contribution in [0.3, 0.4) is 0 Å². The van der Waals surface area contributed by atoms with Crippen molar-refractivity contribution in [1.29, 1.82) is 0 Å². The number of carbonyl (C=O) groups excluding carboxylic acids is 1. The summed E-state index contributed by atoms with van der Waals surface area (Å²) in [6.45, 7) is 2.65. The van der Waals surface area contributed by atoms with Gasteiger partial charge in [0, 0.05) is 29.9 Å². The van der Waals surface area contributed by atoms with E-state index < -0.39 is 25.7 Å². The number of amides is 1. The van der Waals surface area contributed by atoms with E-state index in [2.05, 4.69) is 5.32 Å². The van der Waals surface area contributed by atoms with Gasteiger partial charge in [0.05, 0.1) is 11.5 Å². The van der Waals surface area contributed by atoms with E-state index in [1.807, 2.05) is 6.92 Å². The molecular weight excluding hydrogens is 309 g/mol. The third kappa shape index (κ3) is 5.07. The van der Waals surface area contributed by atoms with Crippen molar-refractivity contribution in [3.8, 4) is 0 Å². The first-order chi connectivity index (χ1) is 9.24. The monoisotopic (exact) mass is 323 g/mol. The normalized spacial score (nSPS) is 13.0. The molecule has 1 amide bonds. The molecule has 0 radical (unpaired) electrons. The number of ether oxygens (including phenoxy) is 1. The van der Waals surface area contributed by atoms with Crippen LogP contribution in [-0.4, -0.2) is 34.6 Å². The molecule has 1 rings (SSSR count). The predicted octanol–water partition coefficient (Wildman–Crippen LogP) is 1.77. The zero-order valence-electron chi connectivity index (χ0n) is 11.0. The minimum Gasteiger partial charge on any atom is -0.384 e. The fourth-order valence-electron chi connectivity index (χ4n) is 1.55. The average Bonchev–Trinajstić information content (AvgIpc) is 2.34. The molecule has 1 N–H and O–H groups in total. The van der Waals surface area contributed by atoms with Crippen LogP contribution < -0.4 is 5.32 Å². The number of hydrogen-bond acceptors (Lipinski definition) is 4. The lowest BCUT2D eigenvalue weighted by molar-refractivity contribution is 0.0933. The van der Waals surface area contributed by atoms with Crippen LogP contribution in [0.2, 0.25) is 0 Å². The molecule has 0 saturated heterocycles. The van der Waals surface area contributed by atoms with Gasteiger partial charge in [0.15, 0.2) is 0 Å². The van der Waals surface area contributed by atoms with E-state index in [9.17, 15) is 17.6 Å². The van der Waals surface area contributed by atoms with Crippen molar-refractivity contribution in [2.75, 3.05) is 20.3 Å². The summed E-state index contributed by atoms with van der Waals surface area (Å²) in [5.74, 6) is -1.34. The number of methoxy groups -OCH3 is 1. The van der Waals surface area contributed by atoms with Crippen molar-refractivity contribution < 1.29 is 22.3 Å². The largest absolute Gasteiger partial charge is 0.384 e. The topological polar surface area (TPSA) is 72.5 Å². The molecule has 0 heterocycles. The van der Waals surface area contributed by atoms with E-state index in [0.717, 1.165) is 18.2 Å². The summed E-state index contributed by atoms with van der Waals surface area (Å²) in [7, 11) is 2.59. The summed E-state index contributed by atoms with van der Waals surface area (Å²) < 4.78 is 40.6. The molecule has 0 spiro atoms. The number of halogens is 2. The Labute approximate surface area is 121 Å². The number of carbonyl (C=O) groups is 1. The van der Waals surface area contributed by atoms with Gasteiger partial charge in [0.1, 0.15) is 5.82 Å². The molecule has 0 bridgehead atoms. The smallest absolute Gasteiger partial charge is 0.261 e. The van der Waals surface area contributed by atoms with Crippen LogP contribution in [0.1, 0.15) is 17.3 Å². The quantitative estimate of drug-likeness (QED) is 0.810. The molecule has 112 valence electrons. The van der Waals surface area contributed by atoms with Crippen LogP contribution in [0.5, 0.6) is 0 Å². The Hall–Kier alpha value is -1.18. The fourth-order valence-corrected chi connectivity index (χ4v) is 2.34. The van der Waals surface area contributed by atoms with Gasteiger partial charge in [-0.1, -0.05) is 6.92 Å². The molecule has 1 atom stereocenters. The van der Waals surface area contributed by atoms with E-state index in [0.29, 0.717) is 13.2 Å². The van der Waals surface area contributed by atoms with E-state index >= 15 is 0 Å². The minimum absolute atomic E-state index is 0.0775. The second kappa shape index (κ2) is 7.01. The third-order valence-electron chi connectivity index (χ3n) is 2.48. The number of rotatable bonds is 6. The molecule has 1 aromatic rings. The first-order valence-electron chi connectivity index (χ1n) is 5.76. The third-order valence-corrected chi connectivity index (χ3v) is 3.81. The molecule has 0 aromatic heterocycles. The van der Waals surface area contributed by atoms with Crippen LogP contribution in [0.25, 0.3) is 0 Å². The summed E-state index contributed by atoms with van der Waals surface area (Å²) in [4.78, 5) is 11.4. The van der Waals surface area contributed by atoms with Gasteiger partial charge in [-0.3, -0.25) is 4.79 Å². The van der Waals surface area contributed by atoms with Crippen molar-refractivity contribution in [3.63, 3.8) is 0 Å². The summed E-state index contributed by atoms with van der Waals surface area (Å²) in [6.07, 6.45) is 0. The van der Waals surface area contributed by atoms with E-state index in [-0.39, 0.29) is 11.5 Å². The highest BCUT2D eigenvalue weighted by atomic mass is 35.7. The summed E-state index contributed by atoms with van der Waals surface area (Å²) >= 11 is 0. The highest BCUT2D eigenvalue weighted by Gasteiger charge is 2.16. The van der Waals surface area contributed by atoms with Crippen molar-refractivity contribution in [3.05, 3.63) is 29.6 Å². The Morgan fingerprint density at radius 1 is 1.45 bits per heavy atom. The van der Waals surface area contributed by atoms with Crippen molar-refractivity contribution in [2.24, 2.45) is 5.92 Å². The highest BCUT2D eigenvalue weighted by molar-refractivity contribution is 8.13. The fraction of sp³-hybridized carbons (Fsp3) is 0.417. The average molecular weight is 324 g/mol. The molecule has 1 aromatic carbocycles. The molecule has 5 nitrogen and oxygen atoms in total. The lowest BCUT2D eigenvalue weighted by atomic mass is 10.1. The second-order valence-electron chi connectivity index (χ2n) is 4.38. The molecule has 0 fully saturated rings. The maximum atomic E-state index is 13.3. The molecule has 0 aliphatic rings. The van der Waals surface area contributed by atoms with Crippen molar-refractivity contribution in [1.82, 2.24) is 5.32 Å². The van der Waals surface area contributed by atoms with Crippen molar-refractivity contribution in [2.45, 2.75) is 11.8 Å². The number of benzene rings is 1.